The van der Waals surface area contributed by atoms with E-state index in [0.29, 0.717) is 18.8 Å². The van der Waals surface area contributed by atoms with Crippen molar-refractivity contribution in [2.75, 3.05) is 37.3 Å². The fourth-order valence-corrected chi connectivity index (χ4v) is 2.84. The van der Waals surface area contributed by atoms with Crippen molar-refractivity contribution in [1.82, 2.24) is 5.32 Å². The molecule has 17 heavy (non-hydrogen) atoms. The van der Waals surface area contributed by atoms with Crippen molar-refractivity contribution < 1.29 is 12.8 Å². The maximum Gasteiger partial charge on any atom is 0.177 e. The first-order chi connectivity index (χ1) is 7.98. The summed E-state index contributed by atoms with van der Waals surface area (Å²) in [5.41, 5.74) is 0.467. The van der Waals surface area contributed by atoms with Crippen LogP contribution in [0.5, 0.6) is 0 Å². The minimum Gasteiger partial charge on any atom is -0.368 e. The second-order valence-electron chi connectivity index (χ2n) is 4.12. The molecule has 0 unspecified atom stereocenters. The third-order valence-electron chi connectivity index (χ3n) is 2.78. The zero-order valence-electron chi connectivity index (χ0n) is 9.61. The molecule has 1 N–H and O–H groups in total. The van der Waals surface area contributed by atoms with Gasteiger partial charge in [0.1, 0.15) is 5.82 Å². The van der Waals surface area contributed by atoms with E-state index in [2.05, 4.69) is 5.32 Å². The van der Waals surface area contributed by atoms with Gasteiger partial charge in [0.25, 0.3) is 0 Å². The van der Waals surface area contributed by atoms with Crippen LogP contribution >= 0.6 is 0 Å². The summed E-state index contributed by atoms with van der Waals surface area (Å²) in [6.07, 6.45) is 1.14. The van der Waals surface area contributed by atoms with Gasteiger partial charge in [-0.2, -0.15) is 0 Å². The molecule has 1 aromatic rings. The quantitative estimate of drug-likeness (QED) is 0.791. The molecular weight excluding hydrogens is 243 g/mol. The lowest BCUT2D eigenvalue weighted by molar-refractivity contribution is 0.576. The van der Waals surface area contributed by atoms with Crippen molar-refractivity contribution in [3.8, 4) is 0 Å². The van der Waals surface area contributed by atoms with E-state index in [0.717, 1.165) is 19.3 Å². The van der Waals surface area contributed by atoms with Gasteiger partial charge in [-0.15, -0.1) is 0 Å². The highest BCUT2D eigenvalue weighted by Crippen LogP contribution is 2.26. The smallest absolute Gasteiger partial charge is 0.177 e. The Balaban J connectivity index is 2.46. The summed E-state index contributed by atoms with van der Waals surface area (Å²) in [6.45, 7) is 2.93. The van der Waals surface area contributed by atoms with Crippen LogP contribution in [0, 0.1) is 5.82 Å². The number of rotatable bonds is 2. The molecule has 6 heteroatoms. The number of nitrogens with one attached hydrogen (secondary N) is 1. The molecule has 1 fully saturated rings. The van der Waals surface area contributed by atoms with Gasteiger partial charge in [0.05, 0.1) is 10.6 Å². The maximum absolute atomic E-state index is 13.3. The van der Waals surface area contributed by atoms with Gasteiger partial charge >= 0.3 is 0 Å². The largest absolute Gasteiger partial charge is 0.368 e. The lowest BCUT2D eigenvalue weighted by Gasteiger charge is -2.30. The Morgan fingerprint density at radius 3 is 2.53 bits per heavy atom. The summed E-state index contributed by atoms with van der Waals surface area (Å²) in [6, 6.07) is 3.81. The van der Waals surface area contributed by atoms with Gasteiger partial charge in [0.15, 0.2) is 9.84 Å². The van der Waals surface area contributed by atoms with Crippen LogP contribution in [-0.4, -0.2) is 40.9 Å². The van der Waals surface area contributed by atoms with Crippen molar-refractivity contribution in [1.29, 1.82) is 0 Å². The van der Waals surface area contributed by atoms with Crippen LogP contribution in [0.3, 0.4) is 0 Å². The molecule has 0 aromatic heterocycles. The number of benzene rings is 1. The lowest BCUT2D eigenvalue weighted by Crippen LogP contribution is -2.44. The van der Waals surface area contributed by atoms with Crippen LogP contribution in [-0.2, 0) is 9.84 Å². The minimum atomic E-state index is -3.33. The third-order valence-corrected chi connectivity index (χ3v) is 3.92. The van der Waals surface area contributed by atoms with Crippen molar-refractivity contribution >= 4 is 15.5 Å². The Hall–Kier alpha value is -1.14. The van der Waals surface area contributed by atoms with Crippen LogP contribution in [0.4, 0.5) is 10.1 Å². The van der Waals surface area contributed by atoms with E-state index >= 15 is 0 Å². The minimum absolute atomic E-state index is 0.195. The molecule has 1 aliphatic heterocycles. The molecule has 0 amide bonds. The molecule has 0 aliphatic carbocycles. The van der Waals surface area contributed by atoms with Gasteiger partial charge < -0.3 is 10.2 Å². The molecule has 94 valence electrons. The van der Waals surface area contributed by atoms with Crippen LogP contribution < -0.4 is 10.2 Å². The first-order valence-electron chi connectivity index (χ1n) is 5.44. The van der Waals surface area contributed by atoms with Gasteiger partial charge in [-0.1, -0.05) is 0 Å². The SMILES string of the molecule is CS(=O)(=O)c1ccc(F)cc1N1CCNCC1. The molecular formula is C11H15FN2O2S. The molecule has 4 nitrogen and oxygen atoms in total. The van der Waals surface area contributed by atoms with Crippen molar-refractivity contribution in [3.63, 3.8) is 0 Å². The van der Waals surface area contributed by atoms with Crippen LogP contribution in [0.2, 0.25) is 0 Å². The summed E-state index contributed by atoms with van der Waals surface area (Å²) >= 11 is 0. The van der Waals surface area contributed by atoms with Crippen molar-refractivity contribution in [2.24, 2.45) is 0 Å². The van der Waals surface area contributed by atoms with E-state index in [1.54, 1.807) is 0 Å². The fraction of sp³-hybridized carbons (Fsp3) is 0.455. The number of anilines is 1. The molecule has 1 aliphatic rings. The molecule has 1 heterocycles. The molecule has 0 saturated carbocycles. The van der Waals surface area contributed by atoms with Crippen LogP contribution in [0.25, 0.3) is 0 Å². The van der Waals surface area contributed by atoms with E-state index in [9.17, 15) is 12.8 Å². The average Bonchev–Trinajstić information content (AvgIpc) is 2.28. The molecule has 2 rings (SSSR count). The number of piperazine rings is 1. The third kappa shape index (κ3) is 2.76. The topological polar surface area (TPSA) is 49.4 Å². The van der Waals surface area contributed by atoms with Gasteiger partial charge in [0.2, 0.25) is 0 Å². The van der Waals surface area contributed by atoms with Crippen LogP contribution in [0.1, 0.15) is 0 Å². The van der Waals surface area contributed by atoms with Gasteiger partial charge in [-0.05, 0) is 18.2 Å². The molecule has 0 bridgehead atoms. The van der Waals surface area contributed by atoms with Crippen molar-refractivity contribution in [2.45, 2.75) is 4.90 Å². The highest BCUT2D eigenvalue weighted by molar-refractivity contribution is 7.90. The summed E-state index contributed by atoms with van der Waals surface area (Å²) < 4.78 is 36.5. The Kier molecular flexibility index (Phi) is 3.35. The van der Waals surface area contributed by atoms with Gasteiger partial charge in [-0.3, -0.25) is 0 Å². The normalized spacial score (nSPS) is 17.2. The number of nitrogens with zero attached hydrogens (tertiary/aromatic N) is 1. The van der Waals surface area contributed by atoms with Gasteiger partial charge in [-0.25, -0.2) is 12.8 Å². The van der Waals surface area contributed by atoms with E-state index in [4.69, 9.17) is 0 Å². The average molecular weight is 258 g/mol. The Morgan fingerprint density at radius 1 is 1.29 bits per heavy atom. The maximum atomic E-state index is 13.3. The first-order valence-corrected chi connectivity index (χ1v) is 7.33. The summed E-state index contributed by atoms with van der Waals surface area (Å²) in [4.78, 5) is 2.09. The van der Waals surface area contributed by atoms with E-state index in [1.165, 1.54) is 18.2 Å². The molecule has 1 aromatic carbocycles. The highest BCUT2D eigenvalue weighted by Gasteiger charge is 2.20. The second kappa shape index (κ2) is 4.62. The van der Waals surface area contributed by atoms with Crippen molar-refractivity contribution in [3.05, 3.63) is 24.0 Å². The Bertz CT molecular complexity index is 510. The Labute approximate surface area is 100 Å². The lowest BCUT2D eigenvalue weighted by atomic mass is 10.2. The monoisotopic (exact) mass is 258 g/mol. The van der Waals surface area contributed by atoms with E-state index < -0.39 is 15.7 Å². The number of sulfone groups is 1. The summed E-state index contributed by atoms with van der Waals surface area (Å²) in [5, 5.41) is 3.17. The predicted molar refractivity (Wildman–Crippen MR) is 64.6 cm³/mol. The van der Waals surface area contributed by atoms with E-state index in [-0.39, 0.29) is 4.90 Å². The molecule has 0 atom stereocenters. The fourth-order valence-electron chi connectivity index (χ4n) is 1.96. The molecule has 1 saturated heterocycles. The molecule has 0 radical (unpaired) electrons. The zero-order valence-corrected chi connectivity index (χ0v) is 10.4. The van der Waals surface area contributed by atoms with Gasteiger partial charge in [0, 0.05) is 32.4 Å². The van der Waals surface area contributed by atoms with Crippen LogP contribution in [0.15, 0.2) is 23.1 Å². The highest BCUT2D eigenvalue weighted by atomic mass is 32.2. The van der Waals surface area contributed by atoms with E-state index in [1.807, 2.05) is 4.90 Å². The summed E-state index contributed by atoms with van der Waals surface area (Å²) in [5.74, 6) is -0.411. The number of halogens is 1. The first kappa shape index (κ1) is 12.3. The Morgan fingerprint density at radius 2 is 1.94 bits per heavy atom. The summed E-state index contributed by atoms with van der Waals surface area (Å²) in [7, 11) is -3.33. The molecule has 0 spiro atoms. The number of hydrogen-bond donors (Lipinski definition) is 1. The predicted octanol–water partition coefficient (Wildman–Crippen LogP) is 0.639. The second-order valence-corrected chi connectivity index (χ2v) is 6.11. The number of hydrogen-bond acceptors (Lipinski definition) is 4. The zero-order chi connectivity index (χ0) is 12.5. The standard InChI is InChI=1S/C11H15FN2O2S/c1-17(15,16)11-3-2-9(12)8-10(11)14-6-4-13-5-7-14/h2-3,8,13H,4-7H2,1H3.